The highest BCUT2D eigenvalue weighted by atomic mass is 79.9. The summed E-state index contributed by atoms with van der Waals surface area (Å²) in [6.45, 7) is 0.830. The molecule has 1 saturated heterocycles. The zero-order valence-corrected chi connectivity index (χ0v) is 12.7. The zero-order valence-electron chi connectivity index (χ0n) is 11.1. The maximum Gasteiger partial charge on any atom is 0.242 e. The third-order valence-corrected chi connectivity index (χ3v) is 3.83. The van der Waals surface area contributed by atoms with Gasteiger partial charge in [-0.3, -0.25) is 4.79 Å². The van der Waals surface area contributed by atoms with E-state index in [0.29, 0.717) is 5.95 Å². The second-order valence-corrected chi connectivity index (χ2v) is 5.29. The van der Waals surface area contributed by atoms with Gasteiger partial charge in [-0.15, -0.1) is 0 Å². The van der Waals surface area contributed by atoms with E-state index in [1.165, 1.54) is 0 Å². The normalized spacial score (nSPS) is 19.1. The summed E-state index contributed by atoms with van der Waals surface area (Å²) in [5.41, 5.74) is 0. The van der Waals surface area contributed by atoms with Crippen molar-refractivity contribution in [3.63, 3.8) is 0 Å². The average molecular weight is 328 g/mol. The van der Waals surface area contributed by atoms with E-state index in [4.69, 9.17) is 0 Å². The van der Waals surface area contributed by atoms with Crippen LogP contribution in [0.1, 0.15) is 19.3 Å². The van der Waals surface area contributed by atoms with Crippen molar-refractivity contribution < 1.29 is 4.79 Å². The minimum absolute atomic E-state index is 0.0382. The smallest absolute Gasteiger partial charge is 0.242 e. The lowest BCUT2D eigenvalue weighted by molar-refractivity contribution is -0.122. The van der Waals surface area contributed by atoms with Gasteiger partial charge in [0.05, 0.1) is 4.47 Å². The van der Waals surface area contributed by atoms with Gasteiger partial charge in [0.15, 0.2) is 0 Å². The van der Waals surface area contributed by atoms with E-state index >= 15 is 0 Å². The number of nitrogens with zero attached hydrogens (tertiary/aromatic N) is 3. The molecule has 1 amide bonds. The van der Waals surface area contributed by atoms with Crippen LogP contribution in [0.15, 0.2) is 10.7 Å². The molecule has 0 aliphatic carbocycles. The molecule has 0 aromatic carbocycles. The monoisotopic (exact) mass is 327 g/mol. The Morgan fingerprint density at radius 3 is 2.95 bits per heavy atom. The molecule has 104 valence electrons. The van der Waals surface area contributed by atoms with E-state index in [1.54, 1.807) is 20.3 Å². The molecule has 19 heavy (non-hydrogen) atoms. The van der Waals surface area contributed by atoms with Gasteiger partial charge in [0.25, 0.3) is 0 Å². The molecule has 0 saturated carbocycles. The van der Waals surface area contributed by atoms with Crippen molar-refractivity contribution in [3.8, 4) is 0 Å². The number of carbonyl (C=O) groups is 1. The number of amides is 1. The number of likely N-dealkylation sites (N-methyl/N-ethyl adjacent to an activating group) is 1. The second-order valence-electron chi connectivity index (χ2n) is 4.43. The first kappa shape index (κ1) is 14.0. The number of hydrogen-bond acceptors (Lipinski definition) is 5. The molecular formula is C12H18BrN5O. The van der Waals surface area contributed by atoms with Crippen LogP contribution < -0.4 is 15.5 Å². The van der Waals surface area contributed by atoms with Crippen LogP contribution in [0.4, 0.5) is 11.8 Å². The lowest BCUT2D eigenvalue weighted by Crippen LogP contribution is -2.49. The van der Waals surface area contributed by atoms with Crippen molar-refractivity contribution >= 4 is 33.6 Å². The van der Waals surface area contributed by atoms with Crippen LogP contribution in [0.3, 0.4) is 0 Å². The van der Waals surface area contributed by atoms with E-state index in [1.807, 2.05) is 0 Å². The van der Waals surface area contributed by atoms with Crippen LogP contribution >= 0.6 is 15.9 Å². The van der Waals surface area contributed by atoms with E-state index in [9.17, 15) is 4.79 Å². The quantitative estimate of drug-likeness (QED) is 0.877. The minimum atomic E-state index is -0.158. The first-order valence-electron chi connectivity index (χ1n) is 6.36. The van der Waals surface area contributed by atoms with Crippen LogP contribution in [0.2, 0.25) is 0 Å². The number of nitrogens with one attached hydrogen (secondary N) is 2. The van der Waals surface area contributed by atoms with Crippen molar-refractivity contribution in [2.75, 3.05) is 30.9 Å². The van der Waals surface area contributed by atoms with E-state index in [2.05, 4.69) is 41.4 Å². The zero-order chi connectivity index (χ0) is 13.8. The fourth-order valence-electron chi connectivity index (χ4n) is 2.30. The van der Waals surface area contributed by atoms with Gasteiger partial charge in [0.1, 0.15) is 11.9 Å². The fourth-order valence-corrected chi connectivity index (χ4v) is 2.72. The summed E-state index contributed by atoms with van der Waals surface area (Å²) < 4.78 is 0.808. The number of halogens is 1. The number of rotatable bonds is 3. The summed E-state index contributed by atoms with van der Waals surface area (Å²) in [6.07, 6.45) is 4.70. The molecule has 2 rings (SSSR count). The van der Waals surface area contributed by atoms with Gasteiger partial charge in [-0.1, -0.05) is 0 Å². The predicted molar refractivity (Wildman–Crippen MR) is 78.3 cm³/mol. The molecular weight excluding hydrogens is 310 g/mol. The first-order chi connectivity index (χ1) is 9.17. The molecule has 1 aromatic rings. The Morgan fingerprint density at radius 1 is 1.47 bits per heavy atom. The third kappa shape index (κ3) is 2.97. The highest BCUT2D eigenvalue weighted by Gasteiger charge is 2.30. The van der Waals surface area contributed by atoms with Crippen molar-refractivity contribution in [2.24, 2.45) is 0 Å². The van der Waals surface area contributed by atoms with Gasteiger partial charge in [-0.2, -0.15) is 4.98 Å². The summed E-state index contributed by atoms with van der Waals surface area (Å²) in [6, 6.07) is -0.158. The largest absolute Gasteiger partial charge is 0.357 e. The molecule has 1 fully saturated rings. The Balaban J connectivity index is 2.34. The van der Waals surface area contributed by atoms with Crippen molar-refractivity contribution in [2.45, 2.75) is 25.3 Å². The summed E-state index contributed by atoms with van der Waals surface area (Å²) >= 11 is 3.47. The molecule has 1 atom stereocenters. The standard InChI is InChI=1S/C12H18BrN5O/c1-14-11(19)9-5-3-4-6-18(9)10-8(13)7-16-12(15-2)17-10/h7,9H,3-6H2,1-2H3,(H,14,19)(H,15,16,17). The number of anilines is 2. The SMILES string of the molecule is CNC(=O)C1CCCCN1c1nc(NC)ncc1Br. The van der Waals surface area contributed by atoms with Gasteiger partial charge in [-0.05, 0) is 35.2 Å². The van der Waals surface area contributed by atoms with Crippen molar-refractivity contribution in [3.05, 3.63) is 10.7 Å². The average Bonchev–Trinajstić information content (AvgIpc) is 2.47. The molecule has 0 bridgehead atoms. The molecule has 0 spiro atoms. The first-order valence-corrected chi connectivity index (χ1v) is 7.15. The molecule has 0 radical (unpaired) electrons. The van der Waals surface area contributed by atoms with E-state index < -0.39 is 0 Å². The molecule has 2 N–H and O–H groups in total. The molecule has 1 unspecified atom stereocenters. The lowest BCUT2D eigenvalue weighted by Gasteiger charge is -2.35. The number of aromatic nitrogens is 2. The van der Waals surface area contributed by atoms with Crippen LogP contribution in [0, 0.1) is 0 Å². The minimum Gasteiger partial charge on any atom is -0.357 e. The van der Waals surface area contributed by atoms with Crippen LogP contribution in [0.5, 0.6) is 0 Å². The molecule has 6 nitrogen and oxygen atoms in total. The third-order valence-electron chi connectivity index (χ3n) is 3.27. The van der Waals surface area contributed by atoms with Crippen LogP contribution in [-0.2, 0) is 4.79 Å². The number of piperidine rings is 1. The van der Waals surface area contributed by atoms with Gasteiger partial charge >= 0.3 is 0 Å². The van der Waals surface area contributed by atoms with Crippen LogP contribution in [-0.4, -0.2) is 42.6 Å². The fraction of sp³-hybridized carbons (Fsp3) is 0.583. The van der Waals surface area contributed by atoms with Gasteiger partial charge in [0.2, 0.25) is 11.9 Å². The van der Waals surface area contributed by atoms with Gasteiger partial charge in [0, 0.05) is 26.8 Å². The van der Waals surface area contributed by atoms with Crippen LogP contribution in [0.25, 0.3) is 0 Å². The Bertz CT molecular complexity index is 467. The predicted octanol–water partition coefficient (Wildman–Crippen LogP) is 1.39. The maximum absolute atomic E-state index is 12.0. The lowest BCUT2D eigenvalue weighted by atomic mass is 10.0. The Hall–Kier alpha value is -1.37. The maximum atomic E-state index is 12.0. The molecule has 7 heteroatoms. The molecule has 1 aliphatic heterocycles. The van der Waals surface area contributed by atoms with E-state index in [-0.39, 0.29) is 11.9 Å². The summed E-state index contributed by atoms with van der Waals surface area (Å²) in [4.78, 5) is 22.6. The van der Waals surface area contributed by atoms with E-state index in [0.717, 1.165) is 36.1 Å². The van der Waals surface area contributed by atoms with Crippen molar-refractivity contribution in [1.29, 1.82) is 0 Å². The van der Waals surface area contributed by atoms with Crippen molar-refractivity contribution in [1.82, 2.24) is 15.3 Å². The summed E-state index contributed by atoms with van der Waals surface area (Å²) in [5.74, 6) is 1.36. The molecule has 1 aromatic heterocycles. The van der Waals surface area contributed by atoms with Gasteiger partial charge < -0.3 is 15.5 Å². The highest BCUT2D eigenvalue weighted by molar-refractivity contribution is 9.10. The number of carbonyl (C=O) groups excluding carboxylic acids is 1. The Morgan fingerprint density at radius 2 is 2.26 bits per heavy atom. The molecule has 1 aliphatic rings. The number of hydrogen-bond donors (Lipinski definition) is 2. The summed E-state index contributed by atoms with van der Waals surface area (Å²) in [7, 11) is 3.45. The highest BCUT2D eigenvalue weighted by Crippen LogP contribution is 2.30. The Labute approximate surface area is 121 Å². The second kappa shape index (κ2) is 6.18. The molecule has 2 heterocycles. The topological polar surface area (TPSA) is 70.2 Å². The summed E-state index contributed by atoms with van der Waals surface area (Å²) in [5, 5.41) is 5.65. The van der Waals surface area contributed by atoms with Gasteiger partial charge in [-0.25, -0.2) is 4.98 Å². The Kier molecular flexibility index (Phi) is 4.57.